The first-order valence-electron chi connectivity index (χ1n) is 10.1. The Morgan fingerprint density at radius 2 is 1.48 bits per heavy atom. The largest absolute Gasteiger partial charge is 0.353 e. The minimum absolute atomic E-state index is 0.0280. The molecule has 0 aliphatic heterocycles. The molecule has 0 saturated carbocycles. The molecule has 0 aliphatic carbocycles. The quantitative estimate of drug-likeness (QED) is 0.225. The van der Waals surface area contributed by atoms with E-state index in [1.807, 2.05) is 65.6 Å². The Morgan fingerprint density at radius 3 is 2.06 bits per heavy atom. The summed E-state index contributed by atoms with van der Waals surface area (Å²) in [7, 11) is 0. The van der Waals surface area contributed by atoms with Crippen molar-refractivity contribution in [3.05, 3.63) is 116 Å². The standard InChI is InChI=1S/C24H19Cl2N5O2/c25-19-11-12-20(26)21(13-19)29-23-22(31(32)33)24(28-16-27-23)30(14-17-7-3-1-4-8-17)15-18-9-5-2-6-10-18/h1-13,16H,14-15H2,(H,27,28,29). The molecule has 0 spiro atoms. The summed E-state index contributed by atoms with van der Waals surface area (Å²) in [6.45, 7) is 0.843. The molecule has 9 heteroatoms. The summed E-state index contributed by atoms with van der Waals surface area (Å²) in [6, 6.07) is 24.3. The minimum atomic E-state index is -0.487. The van der Waals surface area contributed by atoms with Crippen LogP contribution in [0.3, 0.4) is 0 Å². The van der Waals surface area contributed by atoms with Crippen LogP contribution in [0.25, 0.3) is 0 Å². The summed E-state index contributed by atoms with van der Waals surface area (Å²) >= 11 is 12.3. The highest BCUT2D eigenvalue weighted by atomic mass is 35.5. The van der Waals surface area contributed by atoms with Crippen LogP contribution >= 0.6 is 23.2 Å². The first-order valence-corrected chi connectivity index (χ1v) is 10.8. The molecule has 0 amide bonds. The molecule has 7 nitrogen and oxygen atoms in total. The first-order chi connectivity index (χ1) is 16.0. The minimum Gasteiger partial charge on any atom is -0.342 e. The van der Waals surface area contributed by atoms with Crippen LogP contribution in [0.15, 0.2) is 85.2 Å². The summed E-state index contributed by atoms with van der Waals surface area (Å²) in [5.74, 6) is 0.226. The van der Waals surface area contributed by atoms with Crippen LogP contribution in [-0.2, 0) is 13.1 Å². The van der Waals surface area contributed by atoms with Crippen molar-refractivity contribution in [1.82, 2.24) is 9.97 Å². The van der Waals surface area contributed by atoms with Crippen molar-refractivity contribution in [2.75, 3.05) is 10.2 Å². The smallest absolute Gasteiger partial charge is 0.342 e. The number of aromatic nitrogens is 2. The maximum atomic E-state index is 12.2. The van der Waals surface area contributed by atoms with Crippen molar-refractivity contribution >= 4 is 46.2 Å². The highest BCUT2D eigenvalue weighted by Crippen LogP contribution is 2.37. The average molecular weight is 480 g/mol. The molecule has 0 saturated heterocycles. The van der Waals surface area contributed by atoms with E-state index in [9.17, 15) is 10.1 Å². The summed E-state index contributed by atoms with van der Waals surface area (Å²) in [4.78, 5) is 22.0. The van der Waals surface area contributed by atoms with Gasteiger partial charge in [0.25, 0.3) is 0 Å². The van der Waals surface area contributed by atoms with Gasteiger partial charge in [0.05, 0.1) is 15.6 Å². The third-order valence-corrected chi connectivity index (χ3v) is 5.46. The zero-order valence-electron chi connectivity index (χ0n) is 17.4. The van der Waals surface area contributed by atoms with E-state index < -0.39 is 4.92 Å². The number of hydrogen-bond donors (Lipinski definition) is 1. The van der Waals surface area contributed by atoms with Crippen LogP contribution in [-0.4, -0.2) is 14.9 Å². The molecule has 0 aliphatic rings. The second-order valence-corrected chi connectivity index (χ2v) is 8.07. The Kier molecular flexibility index (Phi) is 7.02. The van der Waals surface area contributed by atoms with Gasteiger partial charge in [-0.3, -0.25) is 10.1 Å². The maximum absolute atomic E-state index is 12.2. The zero-order valence-corrected chi connectivity index (χ0v) is 18.9. The lowest BCUT2D eigenvalue weighted by Crippen LogP contribution is -2.24. The lowest BCUT2D eigenvalue weighted by molar-refractivity contribution is -0.383. The number of nitrogens with zero attached hydrogens (tertiary/aromatic N) is 4. The molecule has 1 aromatic heterocycles. The molecule has 0 fully saturated rings. The molecule has 0 radical (unpaired) electrons. The second-order valence-electron chi connectivity index (χ2n) is 7.23. The molecule has 166 valence electrons. The fraction of sp³-hybridized carbons (Fsp3) is 0.0833. The monoisotopic (exact) mass is 479 g/mol. The molecule has 4 rings (SSSR count). The fourth-order valence-electron chi connectivity index (χ4n) is 3.39. The van der Waals surface area contributed by atoms with Crippen LogP contribution in [0, 0.1) is 10.1 Å². The Labute approximate surface area is 200 Å². The van der Waals surface area contributed by atoms with Crippen molar-refractivity contribution in [1.29, 1.82) is 0 Å². The van der Waals surface area contributed by atoms with E-state index in [1.165, 1.54) is 6.33 Å². The van der Waals surface area contributed by atoms with Gasteiger partial charge in [-0.15, -0.1) is 0 Å². The van der Waals surface area contributed by atoms with Crippen molar-refractivity contribution < 1.29 is 4.92 Å². The third-order valence-electron chi connectivity index (χ3n) is 4.90. The van der Waals surface area contributed by atoms with Crippen LogP contribution < -0.4 is 10.2 Å². The fourth-order valence-corrected chi connectivity index (χ4v) is 3.73. The van der Waals surface area contributed by atoms with E-state index in [-0.39, 0.29) is 17.3 Å². The van der Waals surface area contributed by atoms with E-state index in [4.69, 9.17) is 23.2 Å². The van der Waals surface area contributed by atoms with E-state index in [2.05, 4.69) is 15.3 Å². The van der Waals surface area contributed by atoms with Crippen molar-refractivity contribution in [2.45, 2.75) is 13.1 Å². The Morgan fingerprint density at radius 1 is 0.879 bits per heavy atom. The number of nitrogens with one attached hydrogen (secondary N) is 1. The number of nitro groups is 1. The molecule has 33 heavy (non-hydrogen) atoms. The van der Waals surface area contributed by atoms with E-state index in [0.29, 0.717) is 28.8 Å². The molecular formula is C24H19Cl2N5O2. The molecule has 4 aromatic rings. The number of benzene rings is 3. The first kappa shape index (κ1) is 22.5. The highest BCUT2D eigenvalue weighted by Gasteiger charge is 2.28. The van der Waals surface area contributed by atoms with Gasteiger partial charge in [0.15, 0.2) is 0 Å². The average Bonchev–Trinajstić information content (AvgIpc) is 2.82. The number of hydrogen-bond acceptors (Lipinski definition) is 6. The number of anilines is 3. The Bertz CT molecular complexity index is 1210. The van der Waals surface area contributed by atoms with Gasteiger partial charge in [0.2, 0.25) is 11.6 Å². The van der Waals surface area contributed by atoms with E-state index >= 15 is 0 Å². The van der Waals surface area contributed by atoms with Gasteiger partial charge < -0.3 is 10.2 Å². The second kappa shape index (κ2) is 10.3. The summed E-state index contributed by atoms with van der Waals surface area (Å²) in [5, 5.41) is 15.9. The van der Waals surface area contributed by atoms with Gasteiger partial charge in [-0.25, -0.2) is 9.97 Å². The van der Waals surface area contributed by atoms with Gasteiger partial charge >= 0.3 is 5.69 Å². The molecule has 1 N–H and O–H groups in total. The lowest BCUT2D eigenvalue weighted by Gasteiger charge is -2.24. The van der Waals surface area contributed by atoms with Crippen LogP contribution in [0.5, 0.6) is 0 Å². The molecule has 3 aromatic carbocycles. The Balaban J connectivity index is 1.77. The Hall–Kier alpha value is -3.68. The predicted molar refractivity (Wildman–Crippen MR) is 131 cm³/mol. The van der Waals surface area contributed by atoms with Gasteiger partial charge in [-0.05, 0) is 29.3 Å². The van der Waals surface area contributed by atoms with Gasteiger partial charge in [-0.1, -0.05) is 83.9 Å². The molecule has 1 heterocycles. The topological polar surface area (TPSA) is 84.2 Å². The normalized spacial score (nSPS) is 10.6. The molecule has 0 bridgehead atoms. The van der Waals surface area contributed by atoms with Gasteiger partial charge in [0, 0.05) is 18.1 Å². The van der Waals surface area contributed by atoms with Crippen molar-refractivity contribution in [3.8, 4) is 0 Å². The SMILES string of the molecule is O=[N+]([O-])c1c(Nc2cc(Cl)ccc2Cl)ncnc1N(Cc1ccccc1)Cc1ccccc1. The number of halogens is 2. The highest BCUT2D eigenvalue weighted by molar-refractivity contribution is 6.35. The van der Waals surface area contributed by atoms with Crippen LogP contribution in [0.4, 0.5) is 23.0 Å². The lowest BCUT2D eigenvalue weighted by atomic mass is 10.1. The molecular weight excluding hydrogens is 461 g/mol. The third kappa shape index (κ3) is 5.58. The molecule has 0 unspecified atom stereocenters. The van der Waals surface area contributed by atoms with Crippen molar-refractivity contribution in [2.24, 2.45) is 0 Å². The molecule has 0 atom stereocenters. The summed E-state index contributed by atoms with van der Waals surface area (Å²) in [5.41, 5.74) is 2.15. The van der Waals surface area contributed by atoms with Gasteiger partial charge in [-0.2, -0.15) is 0 Å². The maximum Gasteiger partial charge on any atom is 0.353 e. The van der Waals surface area contributed by atoms with Crippen LogP contribution in [0.2, 0.25) is 10.0 Å². The zero-order chi connectivity index (χ0) is 23.2. The van der Waals surface area contributed by atoms with Gasteiger partial charge in [0.1, 0.15) is 6.33 Å². The van der Waals surface area contributed by atoms with Crippen molar-refractivity contribution in [3.63, 3.8) is 0 Å². The van der Waals surface area contributed by atoms with Crippen LogP contribution in [0.1, 0.15) is 11.1 Å². The predicted octanol–water partition coefficient (Wildman–Crippen LogP) is 6.64. The summed E-state index contributed by atoms with van der Waals surface area (Å²) in [6.07, 6.45) is 1.30. The number of rotatable bonds is 8. The van der Waals surface area contributed by atoms with E-state index in [1.54, 1.807) is 18.2 Å². The summed E-state index contributed by atoms with van der Waals surface area (Å²) < 4.78 is 0. The van der Waals surface area contributed by atoms with E-state index in [0.717, 1.165) is 11.1 Å².